The van der Waals surface area contributed by atoms with E-state index < -0.39 is 5.41 Å². The van der Waals surface area contributed by atoms with Crippen LogP contribution in [-0.4, -0.2) is 12.8 Å². The lowest BCUT2D eigenvalue weighted by Gasteiger charge is -2.25. The third kappa shape index (κ3) is 3.19. The molecule has 0 spiro atoms. The number of aryl methyl sites for hydroxylation is 1. The van der Waals surface area contributed by atoms with Gasteiger partial charge >= 0.3 is 0 Å². The van der Waals surface area contributed by atoms with Gasteiger partial charge in [0, 0.05) is 6.54 Å². The standard InChI is InChI=1S/C23H21FN2O/c24-19-8-5-16(6-9-19)18-7-10-21(25)22(13-18)26-14-23(15-27)12-11-17-3-1-2-4-20(17)23/h1-10,13,15,26H,11-12,14,25H2. The molecule has 0 amide bonds. The first-order chi connectivity index (χ1) is 13.1. The minimum atomic E-state index is -0.533. The van der Waals surface area contributed by atoms with Crippen LogP contribution in [0, 0.1) is 5.82 Å². The fourth-order valence-electron chi connectivity index (χ4n) is 3.85. The van der Waals surface area contributed by atoms with Gasteiger partial charge in [0.15, 0.2) is 0 Å². The number of carbonyl (C=O) groups excluding carboxylic acids is 1. The minimum absolute atomic E-state index is 0.264. The van der Waals surface area contributed by atoms with Gasteiger partial charge < -0.3 is 15.8 Å². The van der Waals surface area contributed by atoms with Crippen molar-refractivity contribution in [3.63, 3.8) is 0 Å². The van der Waals surface area contributed by atoms with Gasteiger partial charge in [-0.15, -0.1) is 0 Å². The van der Waals surface area contributed by atoms with E-state index in [2.05, 4.69) is 11.4 Å². The molecule has 1 aliphatic rings. The molecule has 0 radical (unpaired) electrons. The second-order valence-electron chi connectivity index (χ2n) is 7.09. The zero-order chi connectivity index (χ0) is 18.9. The Labute approximate surface area is 158 Å². The maximum Gasteiger partial charge on any atom is 0.132 e. The summed E-state index contributed by atoms with van der Waals surface area (Å²) in [6.07, 6.45) is 2.76. The van der Waals surface area contributed by atoms with Gasteiger partial charge in [0.05, 0.1) is 16.8 Å². The molecule has 3 aromatic rings. The first kappa shape index (κ1) is 17.3. The molecule has 0 saturated heterocycles. The Morgan fingerprint density at radius 2 is 1.78 bits per heavy atom. The molecule has 0 bridgehead atoms. The van der Waals surface area contributed by atoms with Crippen molar-refractivity contribution < 1.29 is 9.18 Å². The Morgan fingerprint density at radius 1 is 1.04 bits per heavy atom. The molecule has 0 aromatic heterocycles. The van der Waals surface area contributed by atoms with Crippen LogP contribution in [0.4, 0.5) is 15.8 Å². The van der Waals surface area contributed by atoms with Gasteiger partial charge in [-0.3, -0.25) is 0 Å². The quantitative estimate of drug-likeness (QED) is 0.518. The summed E-state index contributed by atoms with van der Waals surface area (Å²) in [7, 11) is 0. The maximum absolute atomic E-state index is 13.2. The normalized spacial score (nSPS) is 18.1. The third-order valence-electron chi connectivity index (χ3n) is 5.44. The molecule has 3 aromatic carbocycles. The average molecular weight is 360 g/mol. The van der Waals surface area contributed by atoms with Gasteiger partial charge in [-0.05, 0) is 59.4 Å². The van der Waals surface area contributed by atoms with Crippen molar-refractivity contribution in [2.45, 2.75) is 18.3 Å². The highest BCUT2D eigenvalue weighted by atomic mass is 19.1. The number of anilines is 2. The number of nitrogens with two attached hydrogens (primary N) is 1. The SMILES string of the molecule is Nc1ccc(-c2ccc(F)cc2)cc1NCC1(C=O)CCc2ccccc21. The highest BCUT2D eigenvalue weighted by molar-refractivity contribution is 5.78. The zero-order valence-corrected chi connectivity index (χ0v) is 14.9. The molecular formula is C23H21FN2O. The van der Waals surface area contributed by atoms with Crippen LogP contribution in [0.3, 0.4) is 0 Å². The zero-order valence-electron chi connectivity index (χ0n) is 14.9. The second kappa shape index (κ2) is 6.88. The Bertz CT molecular complexity index is 984. The Kier molecular flexibility index (Phi) is 4.40. The van der Waals surface area contributed by atoms with Gasteiger partial charge in [0.1, 0.15) is 12.1 Å². The van der Waals surface area contributed by atoms with E-state index in [1.807, 2.05) is 36.4 Å². The number of benzene rings is 3. The third-order valence-corrected chi connectivity index (χ3v) is 5.44. The number of aldehydes is 1. The van der Waals surface area contributed by atoms with E-state index in [0.717, 1.165) is 41.5 Å². The predicted molar refractivity (Wildman–Crippen MR) is 107 cm³/mol. The molecule has 3 N–H and O–H groups in total. The monoisotopic (exact) mass is 360 g/mol. The van der Waals surface area contributed by atoms with E-state index in [0.29, 0.717) is 12.2 Å². The first-order valence-electron chi connectivity index (χ1n) is 9.05. The second-order valence-corrected chi connectivity index (χ2v) is 7.09. The van der Waals surface area contributed by atoms with Crippen LogP contribution in [0.5, 0.6) is 0 Å². The number of nitrogen functional groups attached to an aromatic ring is 1. The summed E-state index contributed by atoms with van der Waals surface area (Å²) < 4.78 is 13.2. The van der Waals surface area contributed by atoms with E-state index >= 15 is 0 Å². The maximum atomic E-state index is 13.2. The number of nitrogens with one attached hydrogen (secondary N) is 1. The lowest BCUT2D eigenvalue weighted by Crippen LogP contribution is -2.34. The van der Waals surface area contributed by atoms with Gasteiger partial charge in [-0.2, -0.15) is 0 Å². The molecule has 1 aliphatic carbocycles. The number of hydrogen-bond donors (Lipinski definition) is 2. The molecule has 4 heteroatoms. The smallest absolute Gasteiger partial charge is 0.132 e. The number of rotatable bonds is 5. The molecule has 0 heterocycles. The number of fused-ring (bicyclic) bond motifs is 1. The van der Waals surface area contributed by atoms with Gasteiger partial charge in [0.2, 0.25) is 0 Å². The van der Waals surface area contributed by atoms with Crippen molar-refractivity contribution >= 4 is 17.7 Å². The van der Waals surface area contributed by atoms with Crippen LogP contribution in [0.2, 0.25) is 0 Å². The number of carbonyl (C=O) groups is 1. The van der Waals surface area contributed by atoms with E-state index in [1.165, 1.54) is 17.7 Å². The highest BCUT2D eigenvalue weighted by Gasteiger charge is 2.38. The van der Waals surface area contributed by atoms with E-state index in [1.54, 1.807) is 12.1 Å². The van der Waals surface area contributed by atoms with Crippen LogP contribution >= 0.6 is 0 Å². The van der Waals surface area contributed by atoms with Crippen LogP contribution in [0.15, 0.2) is 66.7 Å². The number of hydrogen-bond acceptors (Lipinski definition) is 3. The first-order valence-corrected chi connectivity index (χ1v) is 9.05. The Hall–Kier alpha value is -3.14. The van der Waals surface area contributed by atoms with Crippen molar-refractivity contribution in [2.75, 3.05) is 17.6 Å². The van der Waals surface area contributed by atoms with Crippen LogP contribution in [0.1, 0.15) is 17.5 Å². The van der Waals surface area contributed by atoms with Crippen molar-refractivity contribution in [3.8, 4) is 11.1 Å². The molecule has 3 nitrogen and oxygen atoms in total. The molecule has 136 valence electrons. The molecule has 4 rings (SSSR count). The molecule has 0 saturated carbocycles. The van der Waals surface area contributed by atoms with Gasteiger partial charge in [-0.1, -0.05) is 42.5 Å². The Morgan fingerprint density at radius 3 is 2.56 bits per heavy atom. The van der Waals surface area contributed by atoms with Crippen molar-refractivity contribution in [3.05, 3.63) is 83.7 Å². The lowest BCUT2D eigenvalue weighted by molar-refractivity contribution is -0.112. The number of halogens is 1. The minimum Gasteiger partial charge on any atom is -0.397 e. The summed E-state index contributed by atoms with van der Waals surface area (Å²) >= 11 is 0. The van der Waals surface area contributed by atoms with Gasteiger partial charge in [-0.25, -0.2) is 4.39 Å². The summed E-state index contributed by atoms with van der Waals surface area (Å²) in [6, 6.07) is 20.2. The van der Waals surface area contributed by atoms with Crippen LogP contribution < -0.4 is 11.1 Å². The largest absolute Gasteiger partial charge is 0.397 e. The Balaban J connectivity index is 1.60. The molecule has 1 atom stereocenters. The van der Waals surface area contributed by atoms with Crippen LogP contribution in [-0.2, 0) is 16.6 Å². The summed E-state index contributed by atoms with van der Waals surface area (Å²) in [4.78, 5) is 12.0. The summed E-state index contributed by atoms with van der Waals surface area (Å²) in [5.41, 5.74) is 11.2. The molecule has 27 heavy (non-hydrogen) atoms. The predicted octanol–water partition coefficient (Wildman–Crippen LogP) is 4.57. The van der Waals surface area contributed by atoms with E-state index in [4.69, 9.17) is 5.73 Å². The van der Waals surface area contributed by atoms with Gasteiger partial charge in [0.25, 0.3) is 0 Å². The molecule has 0 aliphatic heterocycles. The fourth-order valence-corrected chi connectivity index (χ4v) is 3.85. The lowest BCUT2D eigenvalue weighted by atomic mass is 9.83. The summed E-state index contributed by atoms with van der Waals surface area (Å²) in [5.74, 6) is -0.264. The van der Waals surface area contributed by atoms with E-state index in [-0.39, 0.29) is 5.82 Å². The van der Waals surface area contributed by atoms with Crippen molar-refractivity contribution in [1.82, 2.24) is 0 Å². The van der Waals surface area contributed by atoms with Crippen molar-refractivity contribution in [2.24, 2.45) is 0 Å². The summed E-state index contributed by atoms with van der Waals surface area (Å²) in [5, 5.41) is 3.38. The fraction of sp³-hybridized carbons (Fsp3) is 0.174. The highest BCUT2D eigenvalue weighted by Crippen LogP contribution is 2.38. The molecular weight excluding hydrogens is 339 g/mol. The molecule has 1 unspecified atom stereocenters. The summed E-state index contributed by atoms with van der Waals surface area (Å²) in [6.45, 7) is 0.491. The average Bonchev–Trinajstić information content (AvgIpc) is 3.07. The van der Waals surface area contributed by atoms with E-state index in [9.17, 15) is 9.18 Å². The van der Waals surface area contributed by atoms with Crippen LogP contribution in [0.25, 0.3) is 11.1 Å². The van der Waals surface area contributed by atoms with Crippen molar-refractivity contribution in [1.29, 1.82) is 0 Å². The topological polar surface area (TPSA) is 55.1 Å². The molecule has 0 fully saturated rings.